The third-order valence-corrected chi connectivity index (χ3v) is 8.87. The molecule has 1 aliphatic rings. The van der Waals surface area contributed by atoms with Gasteiger partial charge in [-0.15, -0.1) is 0 Å². The molecule has 1 atom stereocenters. The number of rotatable bonds is 8. The molecule has 6 rings (SSSR count). The number of para-hydroxylation sites is 1. The Kier molecular flexibility index (Phi) is 8.98. The molecule has 0 N–H and O–H groups in total. The monoisotopic (exact) mass is 658 g/mol. The van der Waals surface area contributed by atoms with Gasteiger partial charge in [-0.1, -0.05) is 101 Å². The van der Waals surface area contributed by atoms with Gasteiger partial charge >= 0.3 is 5.97 Å². The van der Waals surface area contributed by atoms with Crippen LogP contribution in [0.5, 0.6) is 5.75 Å². The number of halogens is 3. The van der Waals surface area contributed by atoms with Gasteiger partial charge in [0.25, 0.3) is 5.56 Å². The van der Waals surface area contributed by atoms with Gasteiger partial charge in [-0.05, 0) is 54.5 Å². The number of esters is 1. The second-order valence-electron chi connectivity index (χ2n) is 10.1. The molecule has 0 aliphatic carbocycles. The van der Waals surface area contributed by atoms with Crippen molar-refractivity contribution in [2.24, 2.45) is 4.99 Å². The molecule has 226 valence electrons. The van der Waals surface area contributed by atoms with Crippen molar-refractivity contribution in [3.05, 3.63) is 160 Å². The van der Waals surface area contributed by atoms with Gasteiger partial charge in [-0.3, -0.25) is 9.36 Å². The molecule has 10 heteroatoms. The molecule has 0 amide bonds. The van der Waals surface area contributed by atoms with E-state index < -0.39 is 17.8 Å². The van der Waals surface area contributed by atoms with E-state index in [9.17, 15) is 14.0 Å². The molecular weight excluding hydrogens is 634 g/mol. The smallest absolute Gasteiger partial charge is 0.338 e. The fourth-order valence-electron chi connectivity index (χ4n) is 5.06. The van der Waals surface area contributed by atoms with Gasteiger partial charge in [-0.2, -0.15) is 0 Å². The topological polar surface area (TPSA) is 69.9 Å². The van der Waals surface area contributed by atoms with E-state index in [1.54, 1.807) is 37.3 Å². The van der Waals surface area contributed by atoms with Crippen LogP contribution in [0, 0.1) is 5.82 Å². The Labute approximate surface area is 271 Å². The van der Waals surface area contributed by atoms with Crippen LogP contribution in [-0.2, 0) is 16.1 Å². The molecule has 0 unspecified atom stereocenters. The molecule has 1 aliphatic heterocycles. The van der Waals surface area contributed by atoms with Crippen molar-refractivity contribution in [3.8, 4) is 5.75 Å². The normalized spacial score (nSPS) is 14.6. The molecule has 4 aromatic carbocycles. The number of fused-ring (bicyclic) bond motifs is 1. The predicted molar refractivity (Wildman–Crippen MR) is 175 cm³/mol. The minimum absolute atomic E-state index is 0.129. The SMILES string of the molecule is CCOC(=O)C1=C(c2ccccc2)N=c2s/c(=C\c3ccccc3OCc3ccc(Cl)c(Cl)c3)c(=O)n2[C@H]1c1ccc(F)cc1. The minimum Gasteiger partial charge on any atom is -0.488 e. The first kappa shape index (κ1) is 30.5. The number of benzene rings is 4. The van der Waals surface area contributed by atoms with Gasteiger partial charge in [0.05, 0.1) is 38.5 Å². The lowest BCUT2D eigenvalue weighted by atomic mass is 9.93. The summed E-state index contributed by atoms with van der Waals surface area (Å²) in [6, 6.07) is 26.7. The van der Waals surface area contributed by atoms with Crippen molar-refractivity contribution in [2.45, 2.75) is 19.6 Å². The van der Waals surface area contributed by atoms with E-state index in [0.29, 0.717) is 47.5 Å². The Hall–Kier alpha value is -4.50. The van der Waals surface area contributed by atoms with Crippen LogP contribution in [-0.4, -0.2) is 17.1 Å². The van der Waals surface area contributed by atoms with Crippen molar-refractivity contribution >= 4 is 52.3 Å². The first-order valence-electron chi connectivity index (χ1n) is 14.0. The van der Waals surface area contributed by atoms with E-state index in [2.05, 4.69) is 0 Å². The maximum absolute atomic E-state index is 14.2. The lowest BCUT2D eigenvalue weighted by Gasteiger charge is -2.25. The molecule has 0 saturated heterocycles. The van der Waals surface area contributed by atoms with E-state index in [1.807, 2.05) is 60.7 Å². The molecule has 5 aromatic rings. The zero-order valence-corrected chi connectivity index (χ0v) is 26.2. The van der Waals surface area contributed by atoms with Crippen molar-refractivity contribution in [1.29, 1.82) is 0 Å². The highest BCUT2D eigenvalue weighted by molar-refractivity contribution is 7.07. The number of carbonyl (C=O) groups excluding carboxylic acids is 1. The summed E-state index contributed by atoms with van der Waals surface area (Å²) in [4.78, 5) is 33.0. The molecule has 1 aromatic heterocycles. The summed E-state index contributed by atoms with van der Waals surface area (Å²) in [7, 11) is 0. The van der Waals surface area contributed by atoms with Crippen molar-refractivity contribution in [3.63, 3.8) is 0 Å². The summed E-state index contributed by atoms with van der Waals surface area (Å²) < 4.78 is 27.5. The fourth-order valence-corrected chi connectivity index (χ4v) is 6.38. The molecule has 0 radical (unpaired) electrons. The van der Waals surface area contributed by atoms with E-state index >= 15 is 0 Å². The standard InChI is InChI=1S/C35H25Cl2FN2O4S/c1-2-43-34(42)30-31(22-8-4-3-5-9-22)39-35-40(32(30)23-13-15-25(38)16-14-23)33(41)29(45-35)19-24-10-6-7-11-28(24)44-20-21-12-17-26(36)27(37)18-21/h3-19,32H,2,20H2,1H3/b29-19-/t32-/m0/s1. The fraction of sp³-hybridized carbons (Fsp3) is 0.114. The van der Waals surface area contributed by atoms with Crippen LogP contribution in [0.1, 0.15) is 35.2 Å². The molecule has 2 heterocycles. The molecule has 0 saturated carbocycles. The van der Waals surface area contributed by atoms with Gasteiger partial charge in [0.1, 0.15) is 18.2 Å². The Morgan fingerprint density at radius 2 is 1.71 bits per heavy atom. The molecule has 0 fully saturated rings. The second kappa shape index (κ2) is 13.2. The Morgan fingerprint density at radius 3 is 2.44 bits per heavy atom. The van der Waals surface area contributed by atoms with Gasteiger partial charge < -0.3 is 9.47 Å². The van der Waals surface area contributed by atoms with E-state index in [-0.39, 0.29) is 24.3 Å². The van der Waals surface area contributed by atoms with Crippen LogP contribution < -0.4 is 19.6 Å². The third kappa shape index (κ3) is 6.35. The first-order chi connectivity index (χ1) is 21.8. The zero-order chi connectivity index (χ0) is 31.5. The molecule has 0 bridgehead atoms. The van der Waals surface area contributed by atoms with Crippen molar-refractivity contribution in [2.75, 3.05) is 6.61 Å². The average Bonchev–Trinajstić information content (AvgIpc) is 3.36. The lowest BCUT2D eigenvalue weighted by Crippen LogP contribution is -2.40. The second-order valence-corrected chi connectivity index (χ2v) is 11.9. The largest absolute Gasteiger partial charge is 0.488 e. The first-order valence-corrected chi connectivity index (χ1v) is 15.6. The maximum Gasteiger partial charge on any atom is 0.338 e. The summed E-state index contributed by atoms with van der Waals surface area (Å²) in [6.45, 7) is 2.07. The molecule has 6 nitrogen and oxygen atoms in total. The van der Waals surface area contributed by atoms with Crippen molar-refractivity contribution < 1.29 is 18.7 Å². The van der Waals surface area contributed by atoms with Crippen LogP contribution in [0.25, 0.3) is 11.8 Å². The summed E-state index contributed by atoms with van der Waals surface area (Å²) in [5, 5.41) is 0.886. The minimum atomic E-state index is -0.903. The third-order valence-electron chi connectivity index (χ3n) is 7.14. The molecule has 45 heavy (non-hydrogen) atoms. The predicted octanol–water partition coefficient (Wildman–Crippen LogP) is 6.96. The number of ether oxygens (including phenoxy) is 2. The summed E-state index contributed by atoms with van der Waals surface area (Å²) in [6.07, 6.45) is 1.74. The number of nitrogens with zero attached hydrogens (tertiary/aromatic N) is 2. The summed E-state index contributed by atoms with van der Waals surface area (Å²) >= 11 is 13.4. The number of aromatic nitrogens is 1. The highest BCUT2D eigenvalue weighted by Gasteiger charge is 2.35. The molecule has 0 spiro atoms. The number of hydrogen-bond acceptors (Lipinski definition) is 6. The molecular formula is C35H25Cl2FN2O4S. The van der Waals surface area contributed by atoms with E-state index in [1.165, 1.54) is 28.0 Å². The Morgan fingerprint density at radius 1 is 0.978 bits per heavy atom. The van der Waals surface area contributed by atoms with Crippen LogP contribution in [0.3, 0.4) is 0 Å². The van der Waals surface area contributed by atoms with Crippen LogP contribution >= 0.6 is 34.5 Å². The van der Waals surface area contributed by atoms with Gasteiger partial charge in [0.15, 0.2) is 4.80 Å². The van der Waals surface area contributed by atoms with Crippen LogP contribution in [0.4, 0.5) is 4.39 Å². The van der Waals surface area contributed by atoms with E-state index in [0.717, 1.165) is 5.56 Å². The van der Waals surface area contributed by atoms with Gasteiger partial charge in [0, 0.05) is 11.1 Å². The quantitative estimate of drug-likeness (QED) is 0.169. The van der Waals surface area contributed by atoms with Crippen LogP contribution in [0.2, 0.25) is 10.0 Å². The lowest BCUT2D eigenvalue weighted by molar-refractivity contribution is -0.138. The number of hydrogen-bond donors (Lipinski definition) is 0. The Balaban J connectivity index is 1.50. The van der Waals surface area contributed by atoms with Crippen LogP contribution in [0.15, 0.2) is 112 Å². The van der Waals surface area contributed by atoms with E-state index in [4.69, 9.17) is 37.7 Å². The van der Waals surface area contributed by atoms with Gasteiger partial charge in [0.2, 0.25) is 0 Å². The number of thiazole rings is 1. The summed E-state index contributed by atoms with van der Waals surface area (Å²) in [5.41, 5.74) is 2.96. The number of carbonyl (C=O) groups is 1. The average molecular weight is 660 g/mol. The highest BCUT2D eigenvalue weighted by Crippen LogP contribution is 2.35. The maximum atomic E-state index is 14.2. The zero-order valence-electron chi connectivity index (χ0n) is 23.9. The Bertz CT molecular complexity index is 2110. The van der Waals surface area contributed by atoms with Gasteiger partial charge in [-0.25, -0.2) is 14.2 Å². The highest BCUT2D eigenvalue weighted by atomic mass is 35.5. The van der Waals surface area contributed by atoms with Crippen molar-refractivity contribution in [1.82, 2.24) is 4.57 Å². The summed E-state index contributed by atoms with van der Waals surface area (Å²) in [5.74, 6) is -0.486.